The van der Waals surface area contributed by atoms with Crippen molar-refractivity contribution in [2.75, 3.05) is 0 Å². The molecule has 4 atom stereocenters. The maximum absolute atomic E-state index is 12.4. The summed E-state index contributed by atoms with van der Waals surface area (Å²) in [5.41, 5.74) is 1.64. The smallest absolute Gasteiger partial charge is 0.141 e. The van der Waals surface area contributed by atoms with Crippen LogP contribution in [0.25, 0.3) is 0 Å². The van der Waals surface area contributed by atoms with Crippen molar-refractivity contribution in [2.45, 2.75) is 46.5 Å². The second-order valence-corrected chi connectivity index (χ2v) is 7.02. The Labute approximate surface area is 98.3 Å². The van der Waals surface area contributed by atoms with Gasteiger partial charge in [0.15, 0.2) is 0 Å². The Hall–Kier alpha value is -0.590. The summed E-state index contributed by atoms with van der Waals surface area (Å²) >= 11 is 0. The van der Waals surface area contributed by atoms with Crippen LogP contribution in [-0.2, 0) is 4.79 Å². The van der Waals surface area contributed by atoms with Crippen LogP contribution in [0.1, 0.15) is 46.5 Å². The van der Waals surface area contributed by atoms with E-state index >= 15 is 0 Å². The summed E-state index contributed by atoms with van der Waals surface area (Å²) in [6.07, 6.45) is 4.69. The highest BCUT2D eigenvalue weighted by molar-refractivity contribution is 5.89. The SMILES string of the molecule is C=C1CC[C@@H]2C[C@H]3C(=O)C(C)(C)C[C@H]3[C@]12C. The fourth-order valence-corrected chi connectivity index (χ4v) is 4.82. The van der Waals surface area contributed by atoms with Gasteiger partial charge in [-0.15, -0.1) is 0 Å². The number of allylic oxidation sites excluding steroid dienone is 1. The number of fused-ring (bicyclic) bond motifs is 3. The average Bonchev–Trinajstić information content (AvgIpc) is 2.71. The molecule has 3 aliphatic rings. The highest BCUT2D eigenvalue weighted by Gasteiger charge is 2.63. The highest BCUT2D eigenvalue weighted by atomic mass is 16.1. The third-order valence-corrected chi connectivity index (χ3v) is 5.93. The van der Waals surface area contributed by atoms with Crippen LogP contribution in [0.3, 0.4) is 0 Å². The first-order chi connectivity index (χ1) is 7.37. The normalized spacial score (nSPS) is 49.6. The second-order valence-electron chi connectivity index (χ2n) is 7.02. The number of Topliss-reactive ketones (excluding diaryl/α,β-unsaturated/α-hetero) is 1. The average molecular weight is 218 g/mol. The monoisotopic (exact) mass is 218 g/mol. The van der Waals surface area contributed by atoms with E-state index in [1.54, 1.807) is 0 Å². The van der Waals surface area contributed by atoms with Crippen molar-refractivity contribution in [2.24, 2.45) is 28.6 Å². The van der Waals surface area contributed by atoms with Crippen LogP contribution in [0.5, 0.6) is 0 Å². The Morgan fingerprint density at radius 1 is 1.31 bits per heavy atom. The quantitative estimate of drug-likeness (QED) is 0.568. The van der Waals surface area contributed by atoms with Crippen molar-refractivity contribution in [3.63, 3.8) is 0 Å². The lowest BCUT2D eigenvalue weighted by Crippen LogP contribution is -2.27. The van der Waals surface area contributed by atoms with Gasteiger partial charge < -0.3 is 0 Å². The number of ketones is 1. The minimum Gasteiger partial charge on any atom is -0.299 e. The zero-order valence-electron chi connectivity index (χ0n) is 10.7. The summed E-state index contributed by atoms with van der Waals surface area (Å²) < 4.78 is 0. The molecule has 16 heavy (non-hydrogen) atoms. The van der Waals surface area contributed by atoms with Gasteiger partial charge in [-0.1, -0.05) is 32.9 Å². The highest BCUT2D eigenvalue weighted by Crippen LogP contribution is 2.67. The molecule has 0 aliphatic heterocycles. The van der Waals surface area contributed by atoms with Crippen LogP contribution < -0.4 is 0 Å². The van der Waals surface area contributed by atoms with Gasteiger partial charge >= 0.3 is 0 Å². The number of rotatable bonds is 0. The molecule has 0 N–H and O–H groups in total. The largest absolute Gasteiger partial charge is 0.299 e. The van der Waals surface area contributed by atoms with Gasteiger partial charge in [0, 0.05) is 11.3 Å². The predicted octanol–water partition coefficient (Wildman–Crippen LogP) is 3.59. The van der Waals surface area contributed by atoms with Crippen LogP contribution >= 0.6 is 0 Å². The zero-order chi connectivity index (χ0) is 11.7. The van der Waals surface area contributed by atoms with Crippen molar-refractivity contribution < 1.29 is 4.79 Å². The molecule has 0 aromatic rings. The molecule has 0 bridgehead atoms. The fourth-order valence-electron chi connectivity index (χ4n) is 4.82. The van der Waals surface area contributed by atoms with Crippen molar-refractivity contribution in [1.29, 1.82) is 0 Å². The maximum atomic E-state index is 12.4. The summed E-state index contributed by atoms with van der Waals surface area (Å²) in [5.74, 6) is 2.22. The molecule has 0 aromatic heterocycles. The van der Waals surface area contributed by atoms with Gasteiger partial charge in [-0.2, -0.15) is 0 Å². The molecule has 88 valence electrons. The Kier molecular flexibility index (Phi) is 1.85. The van der Waals surface area contributed by atoms with Gasteiger partial charge in [-0.25, -0.2) is 0 Å². The Bertz CT molecular complexity index is 379. The molecule has 0 amide bonds. The van der Waals surface area contributed by atoms with E-state index < -0.39 is 0 Å². The molecule has 0 unspecified atom stereocenters. The van der Waals surface area contributed by atoms with E-state index in [0.29, 0.717) is 17.6 Å². The molecule has 3 fully saturated rings. The molecule has 1 heteroatoms. The standard InChI is InChI=1S/C15H22O/c1-9-5-6-10-7-11-12(15(9,10)4)8-14(2,3)13(11)16/h10-12H,1,5-8H2,2-4H3/t10-,11-,12-,15-/m1/s1. The van der Waals surface area contributed by atoms with Crippen LogP contribution in [0.2, 0.25) is 0 Å². The molecule has 0 heterocycles. The summed E-state index contributed by atoms with van der Waals surface area (Å²) in [4.78, 5) is 12.4. The van der Waals surface area contributed by atoms with Crippen molar-refractivity contribution in [3.05, 3.63) is 12.2 Å². The Morgan fingerprint density at radius 2 is 2.00 bits per heavy atom. The first-order valence-corrected chi connectivity index (χ1v) is 6.60. The first-order valence-electron chi connectivity index (χ1n) is 6.60. The molecule has 0 saturated heterocycles. The molecule has 1 nitrogen and oxygen atoms in total. The molecular weight excluding hydrogens is 196 g/mol. The predicted molar refractivity (Wildman–Crippen MR) is 65.0 cm³/mol. The topological polar surface area (TPSA) is 17.1 Å². The van der Waals surface area contributed by atoms with Gasteiger partial charge in [-0.05, 0) is 42.9 Å². The van der Waals surface area contributed by atoms with Gasteiger partial charge in [0.1, 0.15) is 5.78 Å². The van der Waals surface area contributed by atoms with Crippen molar-refractivity contribution >= 4 is 5.78 Å². The molecule has 3 rings (SSSR count). The molecule has 3 saturated carbocycles. The van der Waals surface area contributed by atoms with Gasteiger partial charge in [0.2, 0.25) is 0 Å². The van der Waals surface area contributed by atoms with E-state index in [9.17, 15) is 4.79 Å². The van der Waals surface area contributed by atoms with Gasteiger partial charge in [-0.3, -0.25) is 4.79 Å². The number of hydrogen-bond acceptors (Lipinski definition) is 1. The number of carbonyl (C=O) groups excluding carboxylic acids is 1. The van der Waals surface area contributed by atoms with Crippen LogP contribution in [-0.4, -0.2) is 5.78 Å². The van der Waals surface area contributed by atoms with Gasteiger partial charge in [0.05, 0.1) is 0 Å². The van der Waals surface area contributed by atoms with Crippen LogP contribution in [0, 0.1) is 28.6 Å². The molecule has 0 spiro atoms. The molecule has 0 aromatic carbocycles. The lowest BCUT2D eigenvalue weighted by molar-refractivity contribution is -0.127. The van der Waals surface area contributed by atoms with E-state index in [2.05, 4.69) is 27.4 Å². The van der Waals surface area contributed by atoms with Crippen molar-refractivity contribution in [3.8, 4) is 0 Å². The maximum Gasteiger partial charge on any atom is 0.141 e. The summed E-state index contributed by atoms with van der Waals surface area (Å²) in [5, 5.41) is 0. The number of carbonyl (C=O) groups is 1. The van der Waals surface area contributed by atoms with Gasteiger partial charge in [0.25, 0.3) is 0 Å². The molecular formula is C15H22O. The molecule has 0 radical (unpaired) electrons. The van der Waals surface area contributed by atoms with E-state index in [1.165, 1.54) is 18.4 Å². The minimum absolute atomic E-state index is 0.0772. The summed E-state index contributed by atoms with van der Waals surface area (Å²) in [6.45, 7) is 10.9. The lowest BCUT2D eigenvalue weighted by Gasteiger charge is -2.33. The van der Waals surface area contributed by atoms with E-state index in [1.807, 2.05) is 0 Å². The van der Waals surface area contributed by atoms with Crippen molar-refractivity contribution in [1.82, 2.24) is 0 Å². The zero-order valence-corrected chi connectivity index (χ0v) is 10.7. The molecule has 3 aliphatic carbocycles. The van der Waals surface area contributed by atoms with E-state index in [0.717, 1.165) is 18.8 Å². The fraction of sp³-hybridized carbons (Fsp3) is 0.800. The first kappa shape index (κ1) is 10.6. The summed E-state index contributed by atoms with van der Waals surface area (Å²) in [7, 11) is 0. The second kappa shape index (κ2) is 2.80. The lowest BCUT2D eigenvalue weighted by atomic mass is 9.70. The number of hydrogen-bond donors (Lipinski definition) is 0. The third kappa shape index (κ3) is 1.00. The van der Waals surface area contributed by atoms with E-state index in [4.69, 9.17) is 0 Å². The van der Waals surface area contributed by atoms with Crippen LogP contribution in [0.4, 0.5) is 0 Å². The minimum atomic E-state index is -0.0772. The van der Waals surface area contributed by atoms with Crippen LogP contribution in [0.15, 0.2) is 12.2 Å². The Balaban J connectivity index is 2.02. The Morgan fingerprint density at radius 3 is 2.69 bits per heavy atom. The third-order valence-electron chi connectivity index (χ3n) is 5.93. The summed E-state index contributed by atoms with van der Waals surface area (Å²) in [6, 6.07) is 0. The van der Waals surface area contributed by atoms with E-state index in [-0.39, 0.29) is 10.8 Å².